The highest BCUT2D eigenvalue weighted by molar-refractivity contribution is 6.31. The van der Waals surface area contributed by atoms with Crippen LogP contribution in [0.3, 0.4) is 0 Å². The van der Waals surface area contributed by atoms with Crippen molar-refractivity contribution in [1.82, 2.24) is 15.4 Å². The number of benzene rings is 3. The zero-order valence-corrected chi connectivity index (χ0v) is 22.5. The Morgan fingerprint density at radius 3 is 2.40 bits per heavy atom. The molecule has 2 heterocycles. The zero-order chi connectivity index (χ0) is 28.4. The number of carboxylic acids is 1. The lowest BCUT2D eigenvalue weighted by Gasteiger charge is -2.26. The summed E-state index contributed by atoms with van der Waals surface area (Å²) >= 11 is 6.36. The topological polar surface area (TPSA) is 124 Å². The summed E-state index contributed by atoms with van der Waals surface area (Å²) in [6.45, 7) is 0. The molecule has 0 bridgehead atoms. The van der Waals surface area contributed by atoms with Gasteiger partial charge in [-0.1, -0.05) is 48.0 Å². The summed E-state index contributed by atoms with van der Waals surface area (Å²) < 4.78 is 10.8. The van der Waals surface area contributed by atoms with Crippen LogP contribution in [0, 0.1) is 0 Å². The van der Waals surface area contributed by atoms with Gasteiger partial charge in [-0.05, 0) is 54.0 Å². The van der Waals surface area contributed by atoms with Gasteiger partial charge in [0.2, 0.25) is 5.91 Å². The maximum Gasteiger partial charge on any atom is 0.258 e. The van der Waals surface area contributed by atoms with Crippen LogP contribution >= 0.6 is 11.6 Å². The monoisotopic (exact) mass is 558 g/mol. The van der Waals surface area contributed by atoms with Gasteiger partial charge in [-0.15, -0.1) is 0 Å². The van der Waals surface area contributed by atoms with Gasteiger partial charge in [0.15, 0.2) is 11.5 Å². The van der Waals surface area contributed by atoms with Gasteiger partial charge in [0.25, 0.3) is 5.56 Å². The number of hydrogen-bond acceptors (Lipinski definition) is 7. The summed E-state index contributed by atoms with van der Waals surface area (Å²) in [5.74, 6) is -0.869. The Balaban J connectivity index is 1.71. The van der Waals surface area contributed by atoms with Crippen molar-refractivity contribution in [2.45, 2.75) is 18.9 Å². The molecule has 1 atom stereocenters. The third-order valence-corrected chi connectivity index (χ3v) is 6.95. The molecule has 3 aromatic carbocycles. The highest BCUT2D eigenvalue weighted by Gasteiger charge is 2.33. The summed E-state index contributed by atoms with van der Waals surface area (Å²) in [5.41, 5.74) is 6.07. The van der Waals surface area contributed by atoms with Gasteiger partial charge in [-0.25, -0.2) is 5.01 Å². The van der Waals surface area contributed by atoms with Gasteiger partial charge in [-0.3, -0.25) is 15.0 Å². The predicted octanol–water partition coefficient (Wildman–Crippen LogP) is 3.82. The number of hydrogen-bond donors (Lipinski definition) is 2. The second kappa shape index (κ2) is 11.2. The van der Waals surface area contributed by atoms with Crippen molar-refractivity contribution in [1.29, 1.82) is 0 Å². The molecule has 0 spiro atoms. The molecule has 1 aliphatic rings. The van der Waals surface area contributed by atoms with Crippen molar-refractivity contribution in [2.24, 2.45) is 0 Å². The summed E-state index contributed by atoms with van der Waals surface area (Å²) in [5, 5.41) is 13.6. The van der Waals surface area contributed by atoms with E-state index in [4.69, 9.17) is 21.1 Å². The van der Waals surface area contributed by atoms with E-state index in [2.05, 4.69) is 10.4 Å². The number of fused-ring (bicyclic) bond motifs is 1. The first-order chi connectivity index (χ1) is 19.3. The predicted molar refractivity (Wildman–Crippen MR) is 150 cm³/mol. The van der Waals surface area contributed by atoms with Crippen molar-refractivity contribution in [3.05, 3.63) is 99.3 Å². The van der Waals surface area contributed by atoms with Crippen LogP contribution in [-0.2, 0) is 9.59 Å². The molecule has 1 amide bonds. The number of rotatable bonds is 8. The van der Waals surface area contributed by atoms with Gasteiger partial charge in [-0.2, -0.15) is 0 Å². The van der Waals surface area contributed by atoms with E-state index in [1.165, 1.54) is 19.2 Å². The minimum absolute atomic E-state index is 0.296. The van der Waals surface area contributed by atoms with Crippen LogP contribution in [0.15, 0.2) is 77.6 Å². The third kappa shape index (κ3) is 5.11. The number of aromatic amines is 1. The van der Waals surface area contributed by atoms with Gasteiger partial charge in [0, 0.05) is 33.9 Å². The molecule has 204 valence electrons. The number of amides is 1. The van der Waals surface area contributed by atoms with Gasteiger partial charge < -0.3 is 24.4 Å². The molecule has 0 saturated carbocycles. The first kappa shape index (κ1) is 26.8. The Hall–Kier alpha value is -4.76. The van der Waals surface area contributed by atoms with E-state index in [-0.39, 0.29) is 12.0 Å². The molecule has 10 heteroatoms. The van der Waals surface area contributed by atoms with Gasteiger partial charge in [0.1, 0.15) is 0 Å². The fourth-order valence-electron chi connectivity index (χ4n) is 4.86. The Bertz CT molecular complexity index is 1700. The lowest BCUT2D eigenvalue weighted by atomic mass is 9.94. The van der Waals surface area contributed by atoms with Crippen LogP contribution in [0.4, 0.5) is 0 Å². The normalized spacial score (nSPS) is 14.5. The minimum atomic E-state index is -1.34. The number of aromatic nitrogens is 1. The largest absolute Gasteiger partial charge is 0.550 e. The molecule has 0 aliphatic carbocycles. The average molecular weight is 559 g/mol. The lowest BCUT2D eigenvalue weighted by molar-refractivity contribution is -0.305. The van der Waals surface area contributed by atoms with Crippen molar-refractivity contribution in [3.8, 4) is 22.6 Å². The second-order valence-corrected chi connectivity index (χ2v) is 9.58. The number of methoxy groups -OCH3 is 2. The molecule has 1 unspecified atom stereocenters. The van der Waals surface area contributed by atoms with Crippen LogP contribution in [0.2, 0.25) is 5.02 Å². The highest BCUT2D eigenvalue weighted by Crippen LogP contribution is 2.39. The quantitative estimate of drug-likeness (QED) is 0.337. The Morgan fingerprint density at radius 2 is 1.70 bits per heavy atom. The first-order valence-electron chi connectivity index (χ1n) is 12.4. The van der Waals surface area contributed by atoms with Crippen LogP contribution < -0.4 is 25.6 Å². The van der Waals surface area contributed by atoms with E-state index in [1.54, 1.807) is 42.5 Å². The number of hydrazine groups is 1. The van der Waals surface area contributed by atoms with Crippen molar-refractivity contribution >= 4 is 40.1 Å². The summed E-state index contributed by atoms with van der Waals surface area (Å²) in [6.07, 6.45) is 1.01. The molecule has 2 N–H and O–H groups in total. The molecule has 9 nitrogen and oxygen atoms in total. The van der Waals surface area contributed by atoms with Gasteiger partial charge >= 0.3 is 0 Å². The van der Waals surface area contributed by atoms with E-state index in [0.29, 0.717) is 44.4 Å². The Morgan fingerprint density at radius 1 is 0.950 bits per heavy atom. The second-order valence-electron chi connectivity index (χ2n) is 9.15. The van der Waals surface area contributed by atoms with E-state index < -0.39 is 24.3 Å². The number of ether oxygens (including phenoxy) is 2. The SMILES string of the molecule is COc1ccc(C2C=C(c3c(-c4ccccc4)c4cc(Cl)ccc4[nH]c3=O)NN2C(=O)CCC(=O)[O-])cc1OC. The fourth-order valence-corrected chi connectivity index (χ4v) is 5.04. The van der Waals surface area contributed by atoms with Crippen LogP contribution in [0.1, 0.15) is 30.0 Å². The Kier molecular flexibility index (Phi) is 7.48. The molecule has 1 aliphatic heterocycles. The summed E-state index contributed by atoms with van der Waals surface area (Å²) in [4.78, 5) is 40.9. The van der Waals surface area contributed by atoms with Crippen molar-refractivity contribution < 1.29 is 24.2 Å². The van der Waals surface area contributed by atoms with E-state index >= 15 is 0 Å². The number of carbonyl (C=O) groups is 2. The average Bonchev–Trinajstić information content (AvgIpc) is 3.40. The maximum absolute atomic E-state index is 13.6. The minimum Gasteiger partial charge on any atom is -0.550 e. The molecule has 0 saturated heterocycles. The van der Waals surface area contributed by atoms with Gasteiger partial charge in [0.05, 0.1) is 31.5 Å². The maximum atomic E-state index is 13.6. The highest BCUT2D eigenvalue weighted by atomic mass is 35.5. The number of H-pyrrole nitrogens is 1. The van der Waals surface area contributed by atoms with Crippen LogP contribution in [-0.4, -0.2) is 36.1 Å². The molecular formula is C30H25ClN3O6-. The summed E-state index contributed by atoms with van der Waals surface area (Å²) in [6, 6.07) is 19.1. The molecule has 0 radical (unpaired) electrons. The number of carbonyl (C=O) groups excluding carboxylic acids is 2. The summed E-state index contributed by atoms with van der Waals surface area (Å²) in [7, 11) is 3.02. The Labute approximate surface area is 234 Å². The number of carboxylic acid groups (broad SMARTS) is 1. The number of nitrogens with zero attached hydrogens (tertiary/aromatic N) is 1. The number of pyridine rings is 1. The number of halogens is 1. The first-order valence-corrected chi connectivity index (χ1v) is 12.8. The third-order valence-electron chi connectivity index (χ3n) is 6.71. The smallest absolute Gasteiger partial charge is 0.258 e. The number of aliphatic carboxylic acids is 1. The van der Waals surface area contributed by atoms with Crippen molar-refractivity contribution in [2.75, 3.05) is 14.2 Å². The van der Waals surface area contributed by atoms with E-state index in [0.717, 1.165) is 10.9 Å². The molecule has 0 fully saturated rings. The number of nitrogens with one attached hydrogen (secondary N) is 2. The van der Waals surface area contributed by atoms with Crippen molar-refractivity contribution in [3.63, 3.8) is 0 Å². The standard InChI is InChI=1S/C30H26ClN3O6/c1-39-24-11-8-18(14-25(24)40-2)23-16-22(33-34(23)26(35)12-13-27(36)37)29-28(17-6-4-3-5-7-17)20-15-19(31)9-10-21(20)32-30(29)38/h3-11,14-16,23,33H,12-13H2,1-2H3,(H,32,38)(H,36,37)/p-1. The molecule has 40 heavy (non-hydrogen) atoms. The molecule has 4 aromatic rings. The molecular weight excluding hydrogens is 534 g/mol. The fraction of sp³-hybridized carbons (Fsp3) is 0.167. The molecule has 1 aromatic heterocycles. The zero-order valence-electron chi connectivity index (χ0n) is 21.7. The van der Waals surface area contributed by atoms with E-state index in [9.17, 15) is 19.5 Å². The van der Waals surface area contributed by atoms with E-state index in [1.807, 2.05) is 30.3 Å². The van der Waals surface area contributed by atoms with Crippen LogP contribution in [0.5, 0.6) is 11.5 Å². The molecule has 5 rings (SSSR count). The lowest BCUT2D eigenvalue weighted by Crippen LogP contribution is -2.40. The van der Waals surface area contributed by atoms with Crippen LogP contribution in [0.25, 0.3) is 27.7 Å².